The predicted molar refractivity (Wildman–Crippen MR) is 137 cm³/mol. The molecule has 8 heteroatoms. The lowest BCUT2D eigenvalue weighted by Gasteiger charge is -2.31. The van der Waals surface area contributed by atoms with Crippen LogP contribution in [0.4, 0.5) is 0 Å². The van der Waals surface area contributed by atoms with Gasteiger partial charge in [-0.1, -0.05) is 53.7 Å². The molecule has 2 saturated heterocycles. The van der Waals surface area contributed by atoms with Crippen molar-refractivity contribution in [2.24, 2.45) is 5.92 Å². The van der Waals surface area contributed by atoms with Crippen LogP contribution in [0.5, 0.6) is 0 Å². The van der Waals surface area contributed by atoms with Gasteiger partial charge in [-0.3, -0.25) is 14.6 Å². The second-order valence-electron chi connectivity index (χ2n) is 9.78. The first-order chi connectivity index (χ1) is 17.7. The minimum absolute atomic E-state index is 0.0380. The van der Waals surface area contributed by atoms with E-state index < -0.39 is 0 Å². The van der Waals surface area contributed by atoms with Crippen molar-refractivity contribution in [3.05, 3.63) is 71.1 Å². The van der Waals surface area contributed by atoms with Crippen molar-refractivity contribution >= 4 is 5.91 Å². The number of rotatable bonds is 8. The molecule has 1 atom stereocenters. The standard InChI is InChI=1S/C28H35N5O3/c1-21-7-2-5-11-25(21)27-30-26(36-31-27)20-33-12-6-10-24(19-33)28(34)29-17-22-8-3-4-9-23(22)18-32-13-15-35-16-14-32/h2-5,7-9,11,24H,6,10,12-20H2,1H3,(H,29,34). The molecule has 0 aliphatic carbocycles. The van der Waals surface area contributed by atoms with Gasteiger partial charge >= 0.3 is 0 Å². The summed E-state index contributed by atoms with van der Waals surface area (Å²) in [6, 6.07) is 16.4. The van der Waals surface area contributed by atoms with Crippen LogP contribution in [0, 0.1) is 12.8 Å². The van der Waals surface area contributed by atoms with Gasteiger partial charge in [-0.15, -0.1) is 0 Å². The molecule has 1 N–H and O–H groups in total. The Morgan fingerprint density at radius 3 is 2.61 bits per heavy atom. The molecule has 1 unspecified atom stereocenters. The van der Waals surface area contributed by atoms with Gasteiger partial charge in [-0.25, -0.2) is 0 Å². The summed E-state index contributed by atoms with van der Waals surface area (Å²) < 4.78 is 11.0. The number of aromatic nitrogens is 2. The van der Waals surface area contributed by atoms with E-state index in [0.29, 0.717) is 31.3 Å². The van der Waals surface area contributed by atoms with Crippen molar-refractivity contribution < 1.29 is 14.1 Å². The van der Waals surface area contributed by atoms with Crippen molar-refractivity contribution in [1.29, 1.82) is 0 Å². The summed E-state index contributed by atoms with van der Waals surface area (Å²) in [7, 11) is 0. The van der Waals surface area contributed by atoms with Gasteiger partial charge in [0.05, 0.1) is 25.7 Å². The summed E-state index contributed by atoms with van der Waals surface area (Å²) in [5, 5.41) is 7.38. The third-order valence-corrected chi connectivity index (χ3v) is 7.16. The number of carbonyl (C=O) groups excluding carboxylic acids is 1. The second kappa shape index (κ2) is 11.8. The van der Waals surface area contributed by atoms with Crippen LogP contribution < -0.4 is 5.32 Å². The predicted octanol–water partition coefficient (Wildman–Crippen LogP) is 3.41. The van der Waals surface area contributed by atoms with E-state index in [1.807, 2.05) is 37.3 Å². The third kappa shape index (κ3) is 6.19. The van der Waals surface area contributed by atoms with E-state index >= 15 is 0 Å². The first-order valence-corrected chi connectivity index (χ1v) is 12.9. The highest BCUT2D eigenvalue weighted by Crippen LogP contribution is 2.22. The van der Waals surface area contributed by atoms with E-state index in [-0.39, 0.29) is 11.8 Å². The zero-order valence-electron chi connectivity index (χ0n) is 21.0. The third-order valence-electron chi connectivity index (χ3n) is 7.16. The van der Waals surface area contributed by atoms with E-state index in [1.165, 1.54) is 11.1 Å². The van der Waals surface area contributed by atoms with E-state index in [1.54, 1.807) is 0 Å². The smallest absolute Gasteiger partial charge is 0.241 e. The highest BCUT2D eigenvalue weighted by molar-refractivity contribution is 5.79. The molecule has 2 fully saturated rings. The summed E-state index contributed by atoms with van der Waals surface area (Å²) in [6.45, 7) is 9.14. The van der Waals surface area contributed by atoms with Crippen molar-refractivity contribution in [2.45, 2.75) is 39.4 Å². The van der Waals surface area contributed by atoms with Crippen LogP contribution in [0.2, 0.25) is 0 Å². The number of hydrogen-bond acceptors (Lipinski definition) is 7. The summed E-state index contributed by atoms with van der Waals surface area (Å²) in [4.78, 5) is 22.3. The molecule has 5 rings (SSSR count). The number of likely N-dealkylation sites (tertiary alicyclic amines) is 1. The van der Waals surface area contributed by atoms with Gasteiger partial charge in [0.25, 0.3) is 0 Å². The number of benzene rings is 2. The van der Waals surface area contributed by atoms with E-state index in [9.17, 15) is 4.79 Å². The fourth-order valence-corrected chi connectivity index (χ4v) is 5.07. The summed E-state index contributed by atoms with van der Waals surface area (Å²) in [5.41, 5.74) is 4.55. The van der Waals surface area contributed by atoms with Crippen molar-refractivity contribution in [3.8, 4) is 11.4 Å². The first kappa shape index (κ1) is 24.6. The maximum atomic E-state index is 13.1. The zero-order valence-corrected chi connectivity index (χ0v) is 21.0. The Balaban J connectivity index is 1.14. The largest absolute Gasteiger partial charge is 0.379 e. The second-order valence-corrected chi connectivity index (χ2v) is 9.78. The molecule has 3 aromatic rings. The van der Waals surface area contributed by atoms with Crippen LogP contribution in [0.3, 0.4) is 0 Å². The molecule has 36 heavy (non-hydrogen) atoms. The van der Waals surface area contributed by atoms with Crippen LogP contribution >= 0.6 is 0 Å². The van der Waals surface area contributed by atoms with Gasteiger partial charge in [0.15, 0.2) is 0 Å². The van der Waals surface area contributed by atoms with Gasteiger partial charge in [-0.05, 0) is 43.0 Å². The average Bonchev–Trinajstić information content (AvgIpc) is 3.37. The van der Waals surface area contributed by atoms with Gasteiger partial charge < -0.3 is 14.6 Å². The fraction of sp³-hybridized carbons (Fsp3) is 0.464. The summed E-state index contributed by atoms with van der Waals surface area (Å²) >= 11 is 0. The van der Waals surface area contributed by atoms with Crippen molar-refractivity contribution in [1.82, 2.24) is 25.3 Å². The molecule has 0 radical (unpaired) electrons. The molecule has 1 amide bonds. The summed E-state index contributed by atoms with van der Waals surface area (Å²) in [6.07, 6.45) is 1.88. The molecule has 0 bridgehead atoms. The highest BCUT2D eigenvalue weighted by atomic mass is 16.5. The van der Waals surface area contributed by atoms with E-state index in [0.717, 1.165) is 63.4 Å². The lowest BCUT2D eigenvalue weighted by molar-refractivity contribution is -0.127. The molecule has 3 heterocycles. The SMILES string of the molecule is Cc1ccccc1-c1noc(CN2CCCC(C(=O)NCc3ccccc3CN3CCOCC3)C2)n1. The maximum Gasteiger partial charge on any atom is 0.241 e. The Morgan fingerprint density at radius 2 is 1.78 bits per heavy atom. The minimum Gasteiger partial charge on any atom is -0.379 e. The molecular formula is C28H35N5O3. The molecular weight excluding hydrogens is 454 g/mol. The average molecular weight is 490 g/mol. The first-order valence-electron chi connectivity index (χ1n) is 12.9. The number of nitrogens with zero attached hydrogens (tertiary/aromatic N) is 4. The molecule has 2 aliphatic rings. The number of morpholine rings is 1. The van der Waals surface area contributed by atoms with Gasteiger partial charge in [-0.2, -0.15) is 4.98 Å². The van der Waals surface area contributed by atoms with Gasteiger partial charge in [0, 0.05) is 38.3 Å². The number of ether oxygens (including phenoxy) is 1. The number of aryl methyl sites for hydroxylation is 1. The minimum atomic E-state index is -0.0380. The van der Waals surface area contributed by atoms with Crippen LogP contribution in [0.15, 0.2) is 53.1 Å². The number of piperidine rings is 1. The van der Waals surface area contributed by atoms with Gasteiger partial charge in [0.2, 0.25) is 17.6 Å². The topological polar surface area (TPSA) is 83.7 Å². The molecule has 1 aromatic heterocycles. The Labute approximate surface area is 212 Å². The molecule has 2 aliphatic heterocycles. The monoisotopic (exact) mass is 489 g/mol. The number of nitrogens with one attached hydrogen (secondary N) is 1. The Hall–Kier alpha value is -3.07. The molecule has 0 spiro atoms. The van der Waals surface area contributed by atoms with Crippen LogP contribution in [0.1, 0.15) is 35.4 Å². The van der Waals surface area contributed by atoms with Crippen molar-refractivity contribution in [3.63, 3.8) is 0 Å². The molecule has 190 valence electrons. The van der Waals surface area contributed by atoms with Crippen LogP contribution in [0.25, 0.3) is 11.4 Å². The van der Waals surface area contributed by atoms with Crippen molar-refractivity contribution in [2.75, 3.05) is 39.4 Å². The summed E-state index contributed by atoms with van der Waals surface area (Å²) in [5.74, 6) is 1.28. The van der Waals surface area contributed by atoms with E-state index in [2.05, 4.69) is 43.5 Å². The molecule has 2 aromatic carbocycles. The maximum absolute atomic E-state index is 13.1. The highest BCUT2D eigenvalue weighted by Gasteiger charge is 2.27. The number of hydrogen-bond donors (Lipinski definition) is 1. The molecule has 8 nitrogen and oxygen atoms in total. The zero-order chi connectivity index (χ0) is 24.7. The Kier molecular flexibility index (Phi) is 8.05. The Bertz CT molecular complexity index is 1160. The number of carbonyl (C=O) groups is 1. The lowest BCUT2D eigenvalue weighted by Crippen LogP contribution is -2.42. The van der Waals surface area contributed by atoms with Gasteiger partial charge in [0.1, 0.15) is 0 Å². The lowest BCUT2D eigenvalue weighted by atomic mass is 9.97. The Morgan fingerprint density at radius 1 is 1.00 bits per heavy atom. The molecule has 0 saturated carbocycles. The fourth-order valence-electron chi connectivity index (χ4n) is 5.07. The quantitative estimate of drug-likeness (QED) is 0.519. The van der Waals surface area contributed by atoms with E-state index in [4.69, 9.17) is 9.26 Å². The number of amides is 1. The van der Waals surface area contributed by atoms with Crippen LogP contribution in [-0.4, -0.2) is 65.2 Å². The van der Waals surface area contributed by atoms with Crippen LogP contribution in [-0.2, 0) is 29.2 Å². The normalized spacial score (nSPS) is 19.3.